The first-order valence-electron chi connectivity index (χ1n) is 8.53. The van der Waals surface area contributed by atoms with Gasteiger partial charge in [-0.15, -0.1) is 0 Å². The summed E-state index contributed by atoms with van der Waals surface area (Å²) in [6, 6.07) is 5.77. The largest absolute Gasteiger partial charge is 0.493 e. The number of fused-ring (bicyclic) bond motifs is 1. The van der Waals surface area contributed by atoms with Crippen LogP contribution in [0.3, 0.4) is 0 Å². The molecule has 1 unspecified atom stereocenters. The average molecular weight is 344 g/mol. The van der Waals surface area contributed by atoms with Crippen molar-refractivity contribution in [2.24, 2.45) is 5.92 Å². The summed E-state index contributed by atoms with van der Waals surface area (Å²) in [6.07, 6.45) is 1.48. The highest BCUT2D eigenvalue weighted by Crippen LogP contribution is 2.35. The minimum atomic E-state index is -0.171. The van der Waals surface area contributed by atoms with Crippen LogP contribution in [0.5, 0.6) is 11.5 Å². The van der Waals surface area contributed by atoms with Crippen LogP contribution in [0.15, 0.2) is 18.2 Å². The number of aromatic nitrogens is 3. The predicted octanol–water partition coefficient (Wildman–Crippen LogP) is 1.66. The molecule has 25 heavy (non-hydrogen) atoms. The highest BCUT2D eigenvalue weighted by molar-refractivity contribution is 5.79. The number of hydrogen-bond acceptors (Lipinski definition) is 5. The Morgan fingerprint density at radius 3 is 3.00 bits per heavy atom. The van der Waals surface area contributed by atoms with Crippen molar-refractivity contribution < 1.29 is 14.3 Å². The molecule has 0 fully saturated rings. The maximum atomic E-state index is 12.4. The van der Waals surface area contributed by atoms with Crippen molar-refractivity contribution in [2.75, 3.05) is 20.3 Å². The maximum Gasteiger partial charge on any atom is 0.226 e. The SMILES string of the molecule is COc1cccc2c1OCC(C(=O)NCCCn1nc(C)nc1C)C2. The number of nitrogens with zero attached hydrogens (tertiary/aromatic N) is 3. The first-order valence-corrected chi connectivity index (χ1v) is 8.53. The number of aryl methyl sites for hydroxylation is 3. The lowest BCUT2D eigenvalue weighted by Crippen LogP contribution is -2.38. The zero-order valence-corrected chi connectivity index (χ0v) is 14.9. The lowest BCUT2D eigenvalue weighted by Gasteiger charge is -2.25. The molecular weight excluding hydrogens is 320 g/mol. The van der Waals surface area contributed by atoms with E-state index >= 15 is 0 Å². The molecule has 0 bridgehead atoms. The van der Waals surface area contributed by atoms with E-state index in [4.69, 9.17) is 9.47 Å². The number of rotatable bonds is 6. The lowest BCUT2D eigenvalue weighted by atomic mass is 9.95. The first-order chi connectivity index (χ1) is 12.1. The van der Waals surface area contributed by atoms with E-state index in [0.29, 0.717) is 19.6 Å². The summed E-state index contributed by atoms with van der Waals surface area (Å²) >= 11 is 0. The van der Waals surface area contributed by atoms with Crippen molar-refractivity contribution in [3.05, 3.63) is 35.4 Å². The van der Waals surface area contributed by atoms with Crippen LogP contribution in [0.1, 0.15) is 23.6 Å². The molecule has 1 N–H and O–H groups in total. The third-order valence-corrected chi connectivity index (χ3v) is 4.35. The van der Waals surface area contributed by atoms with Crippen molar-refractivity contribution >= 4 is 5.91 Å². The van der Waals surface area contributed by atoms with Crippen molar-refractivity contribution in [1.82, 2.24) is 20.1 Å². The quantitative estimate of drug-likeness (QED) is 0.807. The van der Waals surface area contributed by atoms with Gasteiger partial charge in [0.05, 0.1) is 13.0 Å². The van der Waals surface area contributed by atoms with Gasteiger partial charge in [0.25, 0.3) is 0 Å². The van der Waals surface area contributed by atoms with Gasteiger partial charge in [0.15, 0.2) is 11.5 Å². The molecule has 1 aliphatic heterocycles. The summed E-state index contributed by atoms with van der Waals surface area (Å²) in [5, 5.41) is 7.32. The molecule has 0 saturated carbocycles. The molecule has 0 aliphatic carbocycles. The molecule has 0 saturated heterocycles. The third kappa shape index (κ3) is 3.92. The zero-order valence-electron chi connectivity index (χ0n) is 14.9. The molecule has 134 valence electrons. The van der Waals surface area contributed by atoms with Gasteiger partial charge in [0.2, 0.25) is 5.91 Å². The number of methoxy groups -OCH3 is 1. The standard InChI is InChI=1S/C18H24N4O3/c1-12-20-13(2)22(21-12)9-5-8-19-18(23)15-10-14-6-4-7-16(24-3)17(14)25-11-15/h4,6-7,15H,5,8-11H2,1-3H3,(H,19,23). The highest BCUT2D eigenvalue weighted by Gasteiger charge is 2.27. The molecule has 7 heteroatoms. The van der Waals surface area contributed by atoms with E-state index in [9.17, 15) is 4.79 Å². The van der Waals surface area contributed by atoms with Crippen LogP contribution < -0.4 is 14.8 Å². The molecule has 2 heterocycles. The minimum absolute atomic E-state index is 0.0277. The van der Waals surface area contributed by atoms with Crippen molar-refractivity contribution in [3.8, 4) is 11.5 Å². The van der Waals surface area contributed by atoms with E-state index in [1.807, 2.05) is 36.7 Å². The summed E-state index contributed by atoms with van der Waals surface area (Å²) in [5.41, 5.74) is 1.01. The van der Waals surface area contributed by atoms with E-state index < -0.39 is 0 Å². The number of carbonyl (C=O) groups excluding carboxylic acids is 1. The summed E-state index contributed by atoms with van der Waals surface area (Å²) in [5.74, 6) is 3.00. The molecule has 1 aromatic carbocycles. The number of hydrogen-bond donors (Lipinski definition) is 1. The van der Waals surface area contributed by atoms with Gasteiger partial charge < -0.3 is 14.8 Å². The van der Waals surface area contributed by atoms with Crippen LogP contribution in [-0.4, -0.2) is 40.9 Å². The second-order valence-electron chi connectivity index (χ2n) is 6.23. The van der Waals surface area contributed by atoms with Crippen LogP contribution >= 0.6 is 0 Å². The topological polar surface area (TPSA) is 78.3 Å². The highest BCUT2D eigenvalue weighted by atomic mass is 16.5. The normalized spacial score (nSPS) is 16.0. The number of para-hydroxylation sites is 1. The molecule has 0 radical (unpaired) electrons. The van der Waals surface area contributed by atoms with Gasteiger partial charge >= 0.3 is 0 Å². The monoisotopic (exact) mass is 344 g/mol. The predicted molar refractivity (Wildman–Crippen MR) is 92.8 cm³/mol. The fourth-order valence-electron chi connectivity index (χ4n) is 3.08. The molecule has 3 rings (SSSR count). The maximum absolute atomic E-state index is 12.4. The van der Waals surface area contributed by atoms with Gasteiger partial charge in [0.1, 0.15) is 18.3 Å². The number of nitrogens with one attached hydrogen (secondary N) is 1. The summed E-state index contributed by atoms with van der Waals surface area (Å²) in [4.78, 5) is 16.7. The Labute approximate surface area is 147 Å². The van der Waals surface area contributed by atoms with Gasteiger partial charge in [0, 0.05) is 13.1 Å². The van der Waals surface area contributed by atoms with E-state index in [1.165, 1.54) is 0 Å². The molecular formula is C18H24N4O3. The Hall–Kier alpha value is -2.57. The molecule has 7 nitrogen and oxygen atoms in total. The first kappa shape index (κ1) is 17.3. The van der Waals surface area contributed by atoms with Gasteiger partial charge in [-0.3, -0.25) is 9.48 Å². The Bertz CT molecular complexity index is 757. The van der Waals surface area contributed by atoms with E-state index in [2.05, 4.69) is 15.4 Å². The van der Waals surface area contributed by atoms with Crippen LogP contribution in [0.2, 0.25) is 0 Å². The number of benzene rings is 1. The van der Waals surface area contributed by atoms with Gasteiger partial charge in [-0.2, -0.15) is 5.10 Å². The molecule has 2 aromatic rings. The fourth-order valence-corrected chi connectivity index (χ4v) is 3.08. The number of ether oxygens (including phenoxy) is 2. The molecule has 0 spiro atoms. The summed E-state index contributed by atoms with van der Waals surface area (Å²) in [6.45, 7) is 5.54. The smallest absolute Gasteiger partial charge is 0.226 e. The van der Waals surface area contributed by atoms with Crippen LogP contribution in [0, 0.1) is 19.8 Å². The molecule has 1 amide bonds. The van der Waals surface area contributed by atoms with Gasteiger partial charge in [-0.05, 0) is 38.3 Å². The second kappa shape index (κ2) is 7.55. The minimum Gasteiger partial charge on any atom is -0.493 e. The van der Waals surface area contributed by atoms with Gasteiger partial charge in [-0.1, -0.05) is 12.1 Å². The Balaban J connectivity index is 1.48. The van der Waals surface area contributed by atoms with E-state index in [-0.39, 0.29) is 11.8 Å². The Morgan fingerprint density at radius 1 is 1.44 bits per heavy atom. The van der Waals surface area contributed by atoms with Crippen molar-refractivity contribution in [3.63, 3.8) is 0 Å². The number of carbonyl (C=O) groups is 1. The van der Waals surface area contributed by atoms with E-state index in [0.717, 1.165) is 41.7 Å². The van der Waals surface area contributed by atoms with E-state index in [1.54, 1.807) is 7.11 Å². The summed E-state index contributed by atoms with van der Waals surface area (Å²) in [7, 11) is 1.62. The van der Waals surface area contributed by atoms with Crippen LogP contribution in [-0.2, 0) is 17.8 Å². The molecule has 1 atom stereocenters. The third-order valence-electron chi connectivity index (χ3n) is 4.35. The summed E-state index contributed by atoms with van der Waals surface area (Å²) < 4.78 is 12.9. The Kier molecular flexibility index (Phi) is 5.21. The molecule has 1 aliphatic rings. The fraction of sp³-hybridized carbons (Fsp3) is 0.500. The zero-order chi connectivity index (χ0) is 17.8. The number of amides is 1. The lowest BCUT2D eigenvalue weighted by molar-refractivity contribution is -0.126. The van der Waals surface area contributed by atoms with Crippen LogP contribution in [0.25, 0.3) is 0 Å². The molecule has 1 aromatic heterocycles. The van der Waals surface area contributed by atoms with Gasteiger partial charge in [-0.25, -0.2) is 4.98 Å². The average Bonchev–Trinajstić information content (AvgIpc) is 2.94. The second-order valence-corrected chi connectivity index (χ2v) is 6.23. The van der Waals surface area contributed by atoms with Crippen molar-refractivity contribution in [1.29, 1.82) is 0 Å². The van der Waals surface area contributed by atoms with Crippen molar-refractivity contribution in [2.45, 2.75) is 33.2 Å². The Morgan fingerprint density at radius 2 is 2.28 bits per heavy atom. The van der Waals surface area contributed by atoms with Crippen LogP contribution in [0.4, 0.5) is 0 Å².